The molecule has 1 aromatic carbocycles. The number of anilines is 1. The standard InChI is InChI=1S/C12H15N3S2/c1-17-7-3-6-14-12(16)15-11-5-2-4-10(8-11)9-13/h2,4-5,8H,3,6-7H2,1H3,(H2,14,15,16). The molecular weight excluding hydrogens is 250 g/mol. The van der Waals surface area contributed by atoms with Gasteiger partial charge in [-0.15, -0.1) is 0 Å². The number of hydrogen-bond acceptors (Lipinski definition) is 3. The third-order valence-corrected chi connectivity index (χ3v) is 3.00. The van der Waals surface area contributed by atoms with Gasteiger partial charge in [0.2, 0.25) is 0 Å². The van der Waals surface area contributed by atoms with E-state index in [1.807, 2.05) is 23.9 Å². The highest BCUT2D eigenvalue weighted by Gasteiger charge is 1.98. The van der Waals surface area contributed by atoms with E-state index in [1.54, 1.807) is 12.1 Å². The van der Waals surface area contributed by atoms with E-state index in [-0.39, 0.29) is 0 Å². The molecule has 0 saturated heterocycles. The molecular formula is C12H15N3S2. The van der Waals surface area contributed by atoms with Crippen molar-refractivity contribution < 1.29 is 0 Å². The molecule has 1 aromatic rings. The lowest BCUT2D eigenvalue weighted by Crippen LogP contribution is -2.29. The number of rotatable bonds is 5. The summed E-state index contributed by atoms with van der Waals surface area (Å²) >= 11 is 6.98. The number of thiocarbonyl (C=S) groups is 1. The molecule has 0 aliphatic carbocycles. The maximum atomic E-state index is 8.77. The van der Waals surface area contributed by atoms with E-state index in [0.717, 1.165) is 24.4 Å². The lowest BCUT2D eigenvalue weighted by Gasteiger charge is -2.10. The van der Waals surface area contributed by atoms with Crippen LogP contribution >= 0.6 is 24.0 Å². The first-order valence-corrected chi connectivity index (χ1v) is 7.10. The smallest absolute Gasteiger partial charge is 0.170 e. The van der Waals surface area contributed by atoms with Crippen molar-refractivity contribution in [2.45, 2.75) is 6.42 Å². The topological polar surface area (TPSA) is 47.8 Å². The molecule has 0 bridgehead atoms. The zero-order valence-corrected chi connectivity index (χ0v) is 11.3. The van der Waals surface area contributed by atoms with Crippen molar-refractivity contribution in [3.05, 3.63) is 29.8 Å². The van der Waals surface area contributed by atoms with E-state index in [4.69, 9.17) is 17.5 Å². The lowest BCUT2D eigenvalue weighted by atomic mass is 10.2. The van der Waals surface area contributed by atoms with Crippen LogP contribution in [0, 0.1) is 11.3 Å². The van der Waals surface area contributed by atoms with Gasteiger partial charge in [-0.3, -0.25) is 0 Å². The summed E-state index contributed by atoms with van der Waals surface area (Å²) in [5.74, 6) is 1.12. The zero-order valence-electron chi connectivity index (χ0n) is 9.69. The van der Waals surface area contributed by atoms with E-state index < -0.39 is 0 Å². The van der Waals surface area contributed by atoms with Gasteiger partial charge in [-0.1, -0.05) is 6.07 Å². The Hall–Kier alpha value is -1.25. The van der Waals surface area contributed by atoms with Gasteiger partial charge in [-0.05, 0) is 48.8 Å². The summed E-state index contributed by atoms with van der Waals surface area (Å²) in [6.07, 6.45) is 3.17. The summed E-state index contributed by atoms with van der Waals surface area (Å²) in [6, 6.07) is 9.35. The average Bonchev–Trinajstić information content (AvgIpc) is 2.35. The maximum Gasteiger partial charge on any atom is 0.170 e. The molecule has 17 heavy (non-hydrogen) atoms. The van der Waals surface area contributed by atoms with Crippen molar-refractivity contribution in [2.24, 2.45) is 0 Å². The van der Waals surface area contributed by atoms with Gasteiger partial charge in [0.25, 0.3) is 0 Å². The van der Waals surface area contributed by atoms with Gasteiger partial charge in [-0.25, -0.2) is 0 Å². The number of hydrogen-bond donors (Lipinski definition) is 2. The van der Waals surface area contributed by atoms with Crippen LogP contribution in [0.15, 0.2) is 24.3 Å². The quantitative estimate of drug-likeness (QED) is 0.633. The average molecular weight is 265 g/mol. The molecule has 0 radical (unpaired) electrons. The molecule has 2 N–H and O–H groups in total. The van der Waals surface area contributed by atoms with Crippen LogP contribution in [0.2, 0.25) is 0 Å². The minimum atomic E-state index is 0.598. The zero-order chi connectivity index (χ0) is 12.5. The summed E-state index contributed by atoms with van der Waals surface area (Å²) in [5.41, 5.74) is 1.46. The molecule has 5 heteroatoms. The fraction of sp³-hybridized carbons (Fsp3) is 0.333. The van der Waals surface area contributed by atoms with Crippen LogP contribution in [0.3, 0.4) is 0 Å². The molecule has 0 unspecified atom stereocenters. The third kappa shape index (κ3) is 5.57. The number of nitrogens with one attached hydrogen (secondary N) is 2. The molecule has 0 aliphatic rings. The Kier molecular flexibility index (Phi) is 6.45. The van der Waals surface area contributed by atoms with Crippen LogP contribution in [0.4, 0.5) is 5.69 Å². The van der Waals surface area contributed by atoms with Crippen molar-refractivity contribution in [1.82, 2.24) is 5.32 Å². The van der Waals surface area contributed by atoms with Crippen LogP contribution in [-0.4, -0.2) is 23.7 Å². The minimum Gasteiger partial charge on any atom is -0.362 e. The van der Waals surface area contributed by atoms with Crippen LogP contribution < -0.4 is 10.6 Å². The fourth-order valence-electron chi connectivity index (χ4n) is 1.26. The van der Waals surface area contributed by atoms with E-state index in [1.165, 1.54) is 0 Å². The Balaban J connectivity index is 2.37. The second kappa shape index (κ2) is 7.93. The second-order valence-corrected chi connectivity index (χ2v) is 4.81. The summed E-state index contributed by atoms with van der Waals surface area (Å²) in [7, 11) is 0. The van der Waals surface area contributed by atoms with Gasteiger partial charge >= 0.3 is 0 Å². The molecule has 0 amide bonds. The Bertz CT molecular complexity index is 412. The molecule has 90 valence electrons. The normalized spacial score (nSPS) is 9.41. The molecule has 0 aliphatic heterocycles. The van der Waals surface area contributed by atoms with Crippen LogP contribution in [0.5, 0.6) is 0 Å². The van der Waals surface area contributed by atoms with Gasteiger partial charge in [0.15, 0.2) is 5.11 Å². The molecule has 0 saturated carbocycles. The number of nitrogens with zero attached hydrogens (tertiary/aromatic N) is 1. The minimum absolute atomic E-state index is 0.598. The Morgan fingerprint density at radius 3 is 3.06 bits per heavy atom. The first-order chi connectivity index (χ1) is 8.26. The van der Waals surface area contributed by atoms with Crippen LogP contribution in [0.1, 0.15) is 12.0 Å². The van der Waals surface area contributed by atoms with Gasteiger partial charge in [-0.2, -0.15) is 17.0 Å². The van der Waals surface area contributed by atoms with Gasteiger partial charge in [0, 0.05) is 12.2 Å². The molecule has 3 nitrogen and oxygen atoms in total. The fourth-order valence-corrected chi connectivity index (χ4v) is 1.91. The van der Waals surface area contributed by atoms with Crippen molar-refractivity contribution in [1.29, 1.82) is 5.26 Å². The number of thioether (sulfide) groups is 1. The maximum absolute atomic E-state index is 8.77. The second-order valence-electron chi connectivity index (χ2n) is 3.42. The highest BCUT2D eigenvalue weighted by molar-refractivity contribution is 7.98. The Morgan fingerprint density at radius 1 is 1.53 bits per heavy atom. The summed E-state index contributed by atoms with van der Waals surface area (Å²) in [4.78, 5) is 0. The molecule has 1 rings (SSSR count). The van der Waals surface area contributed by atoms with Crippen LogP contribution in [-0.2, 0) is 0 Å². The highest BCUT2D eigenvalue weighted by Crippen LogP contribution is 2.09. The Morgan fingerprint density at radius 2 is 2.35 bits per heavy atom. The molecule has 0 atom stereocenters. The van der Waals surface area contributed by atoms with E-state index in [0.29, 0.717) is 10.7 Å². The van der Waals surface area contributed by atoms with Crippen molar-refractivity contribution in [2.75, 3.05) is 23.9 Å². The van der Waals surface area contributed by atoms with Crippen LogP contribution in [0.25, 0.3) is 0 Å². The highest BCUT2D eigenvalue weighted by atomic mass is 32.2. The lowest BCUT2D eigenvalue weighted by molar-refractivity contribution is 0.855. The largest absolute Gasteiger partial charge is 0.362 e. The summed E-state index contributed by atoms with van der Waals surface area (Å²) < 4.78 is 0. The van der Waals surface area contributed by atoms with Crippen molar-refractivity contribution >= 4 is 34.8 Å². The molecule has 0 spiro atoms. The van der Waals surface area contributed by atoms with Crippen molar-refractivity contribution in [3.63, 3.8) is 0 Å². The Labute approximate surface area is 112 Å². The monoisotopic (exact) mass is 265 g/mol. The summed E-state index contributed by atoms with van der Waals surface area (Å²) in [6.45, 7) is 0.866. The van der Waals surface area contributed by atoms with Gasteiger partial charge in [0.1, 0.15) is 0 Å². The first-order valence-electron chi connectivity index (χ1n) is 5.30. The first kappa shape index (κ1) is 13.8. The third-order valence-electron chi connectivity index (χ3n) is 2.06. The van der Waals surface area contributed by atoms with E-state index in [2.05, 4.69) is 23.0 Å². The number of benzene rings is 1. The summed E-state index contributed by atoms with van der Waals surface area (Å²) in [5, 5.41) is 15.5. The number of nitriles is 1. The SMILES string of the molecule is CSCCCNC(=S)Nc1cccc(C#N)c1. The van der Waals surface area contributed by atoms with E-state index in [9.17, 15) is 0 Å². The molecule has 0 aromatic heterocycles. The van der Waals surface area contributed by atoms with Crippen molar-refractivity contribution in [3.8, 4) is 6.07 Å². The van der Waals surface area contributed by atoms with Gasteiger partial charge < -0.3 is 10.6 Å². The predicted molar refractivity (Wildman–Crippen MR) is 78.4 cm³/mol. The predicted octanol–water partition coefficient (Wildman–Crippen LogP) is 2.60. The molecule has 0 heterocycles. The molecule has 0 fully saturated rings. The van der Waals surface area contributed by atoms with Gasteiger partial charge in [0.05, 0.1) is 11.6 Å². The van der Waals surface area contributed by atoms with E-state index >= 15 is 0 Å².